The maximum atomic E-state index is 12.4. The number of carbonyl (C=O) groups excluding carboxylic acids is 1. The van der Waals surface area contributed by atoms with Crippen LogP contribution >= 0.6 is 0 Å². The molecule has 4 unspecified atom stereocenters. The Labute approximate surface area is 129 Å². The minimum absolute atomic E-state index is 0.106. The second-order valence-corrected chi connectivity index (χ2v) is 7.88. The third-order valence-electron chi connectivity index (χ3n) is 4.99. The highest BCUT2D eigenvalue weighted by atomic mass is 16.3. The van der Waals surface area contributed by atoms with E-state index in [1.165, 1.54) is 6.42 Å². The Morgan fingerprint density at radius 3 is 2.48 bits per heavy atom. The van der Waals surface area contributed by atoms with Crippen molar-refractivity contribution in [3.8, 4) is 0 Å². The minimum atomic E-state index is -0.190. The number of nitrogens with one attached hydrogen (secondary N) is 1. The van der Waals surface area contributed by atoms with Gasteiger partial charge in [0.2, 0.25) is 5.91 Å². The van der Waals surface area contributed by atoms with Gasteiger partial charge in [0.05, 0.1) is 12.1 Å². The predicted molar refractivity (Wildman–Crippen MR) is 85.1 cm³/mol. The molecule has 4 nitrogen and oxygen atoms in total. The Kier molecular flexibility index (Phi) is 5.31. The van der Waals surface area contributed by atoms with Crippen LogP contribution in [0.25, 0.3) is 0 Å². The zero-order chi connectivity index (χ0) is 15.6. The number of rotatable bonds is 3. The molecule has 1 amide bonds. The molecule has 4 atom stereocenters. The van der Waals surface area contributed by atoms with Gasteiger partial charge < -0.3 is 10.4 Å². The van der Waals surface area contributed by atoms with Crippen molar-refractivity contribution < 1.29 is 9.90 Å². The summed E-state index contributed by atoms with van der Waals surface area (Å²) in [6, 6.07) is 0.270. The molecular weight excluding hydrogens is 264 g/mol. The maximum absolute atomic E-state index is 12.4. The molecule has 122 valence electrons. The summed E-state index contributed by atoms with van der Waals surface area (Å²) in [6.45, 7) is 9.04. The number of hydrogen-bond donors (Lipinski definition) is 2. The summed E-state index contributed by atoms with van der Waals surface area (Å²) in [4.78, 5) is 14.8. The molecule has 1 saturated heterocycles. The summed E-state index contributed by atoms with van der Waals surface area (Å²) in [5.41, 5.74) is -0.190. The largest absolute Gasteiger partial charge is 0.393 e. The quantitative estimate of drug-likeness (QED) is 0.840. The normalized spacial score (nSPS) is 32.9. The zero-order valence-electron chi connectivity index (χ0n) is 14.1. The second kappa shape index (κ2) is 6.66. The lowest BCUT2D eigenvalue weighted by atomic mass is 9.80. The maximum Gasteiger partial charge on any atom is 0.237 e. The van der Waals surface area contributed by atoms with Crippen molar-refractivity contribution in [1.82, 2.24) is 10.2 Å². The molecule has 2 rings (SSSR count). The number of aliphatic hydroxyl groups is 1. The zero-order valence-corrected chi connectivity index (χ0v) is 14.1. The van der Waals surface area contributed by atoms with Gasteiger partial charge in [-0.2, -0.15) is 0 Å². The van der Waals surface area contributed by atoms with Crippen LogP contribution in [0.4, 0.5) is 0 Å². The Hall–Kier alpha value is -0.610. The van der Waals surface area contributed by atoms with Crippen molar-refractivity contribution in [3.63, 3.8) is 0 Å². The number of aliphatic hydroxyl groups excluding tert-OH is 1. The fourth-order valence-electron chi connectivity index (χ4n) is 3.97. The number of likely N-dealkylation sites (tertiary alicyclic amines) is 1. The van der Waals surface area contributed by atoms with Gasteiger partial charge in [0.1, 0.15) is 0 Å². The van der Waals surface area contributed by atoms with Crippen molar-refractivity contribution >= 4 is 5.91 Å². The van der Waals surface area contributed by atoms with Crippen LogP contribution < -0.4 is 5.32 Å². The highest BCUT2D eigenvalue weighted by molar-refractivity contribution is 5.82. The monoisotopic (exact) mass is 296 g/mol. The van der Waals surface area contributed by atoms with Crippen LogP contribution in [-0.4, -0.2) is 46.2 Å². The van der Waals surface area contributed by atoms with Crippen LogP contribution in [0.15, 0.2) is 0 Å². The van der Waals surface area contributed by atoms with Crippen molar-refractivity contribution in [1.29, 1.82) is 0 Å². The van der Waals surface area contributed by atoms with Gasteiger partial charge in [-0.3, -0.25) is 9.69 Å². The van der Waals surface area contributed by atoms with Gasteiger partial charge in [-0.05, 0) is 59.9 Å². The van der Waals surface area contributed by atoms with E-state index in [-0.39, 0.29) is 23.6 Å². The lowest BCUT2D eigenvalue weighted by Gasteiger charge is -2.39. The number of hydrogen-bond acceptors (Lipinski definition) is 3. The molecule has 1 aliphatic heterocycles. The molecule has 2 aliphatic rings. The lowest BCUT2D eigenvalue weighted by Crippen LogP contribution is -2.54. The van der Waals surface area contributed by atoms with Crippen molar-refractivity contribution in [2.24, 2.45) is 5.92 Å². The van der Waals surface area contributed by atoms with Gasteiger partial charge >= 0.3 is 0 Å². The minimum Gasteiger partial charge on any atom is -0.393 e. The molecule has 0 aromatic rings. The molecule has 1 saturated carbocycles. The van der Waals surface area contributed by atoms with E-state index < -0.39 is 0 Å². The summed E-state index contributed by atoms with van der Waals surface area (Å²) < 4.78 is 0. The standard InChI is InChI=1S/C17H32N2O2/c1-12(16(21)18-17(2,3)4)19-11-7-9-14(19)13-8-5-6-10-15(13)20/h12-15,20H,5-11H2,1-4H3,(H,18,21). The first-order valence-electron chi connectivity index (χ1n) is 8.55. The third kappa shape index (κ3) is 4.19. The predicted octanol–water partition coefficient (Wildman–Crippen LogP) is 2.31. The first-order valence-corrected chi connectivity index (χ1v) is 8.55. The fourth-order valence-corrected chi connectivity index (χ4v) is 3.97. The van der Waals surface area contributed by atoms with Crippen molar-refractivity contribution in [2.75, 3.05) is 6.54 Å². The van der Waals surface area contributed by atoms with Gasteiger partial charge in [-0.1, -0.05) is 12.8 Å². The Morgan fingerprint density at radius 1 is 1.19 bits per heavy atom. The molecule has 1 heterocycles. The van der Waals surface area contributed by atoms with Crippen LogP contribution in [0.5, 0.6) is 0 Å². The summed E-state index contributed by atoms with van der Waals surface area (Å²) in [5, 5.41) is 13.4. The Bertz CT molecular complexity index is 364. The summed E-state index contributed by atoms with van der Waals surface area (Å²) >= 11 is 0. The van der Waals surface area contributed by atoms with E-state index in [0.717, 1.165) is 38.6 Å². The number of nitrogens with zero attached hydrogens (tertiary/aromatic N) is 1. The summed E-state index contributed by atoms with van der Waals surface area (Å²) in [5.74, 6) is 0.464. The molecule has 2 N–H and O–H groups in total. The molecule has 1 aliphatic carbocycles. The van der Waals surface area contributed by atoms with Crippen LogP contribution in [0.2, 0.25) is 0 Å². The van der Waals surface area contributed by atoms with Crippen LogP contribution in [0.3, 0.4) is 0 Å². The van der Waals surface area contributed by atoms with E-state index in [1.54, 1.807) is 0 Å². The molecule has 0 bridgehead atoms. The second-order valence-electron chi connectivity index (χ2n) is 7.88. The molecule has 2 fully saturated rings. The topological polar surface area (TPSA) is 52.6 Å². The molecule has 21 heavy (non-hydrogen) atoms. The van der Waals surface area contributed by atoms with Crippen LogP contribution in [0, 0.1) is 5.92 Å². The van der Waals surface area contributed by atoms with E-state index >= 15 is 0 Å². The molecule has 4 heteroatoms. The van der Waals surface area contributed by atoms with Crippen LogP contribution in [0.1, 0.15) is 66.2 Å². The molecule has 0 radical (unpaired) electrons. The van der Waals surface area contributed by atoms with Gasteiger partial charge in [0.15, 0.2) is 0 Å². The van der Waals surface area contributed by atoms with E-state index in [1.807, 2.05) is 27.7 Å². The van der Waals surface area contributed by atoms with E-state index in [0.29, 0.717) is 12.0 Å². The summed E-state index contributed by atoms with van der Waals surface area (Å²) in [6.07, 6.45) is 6.48. The van der Waals surface area contributed by atoms with Gasteiger partial charge in [0.25, 0.3) is 0 Å². The van der Waals surface area contributed by atoms with Gasteiger partial charge in [-0.15, -0.1) is 0 Å². The van der Waals surface area contributed by atoms with Crippen molar-refractivity contribution in [3.05, 3.63) is 0 Å². The third-order valence-corrected chi connectivity index (χ3v) is 4.99. The Balaban J connectivity index is 2.02. The number of amides is 1. The van der Waals surface area contributed by atoms with E-state index in [4.69, 9.17) is 0 Å². The molecule has 0 spiro atoms. The molecule has 0 aromatic heterocycles. The van der Waals surface area contributed by atoms with E-state index in [9.17, 15) is 9.90 Å². The van der Waals surface area contributed by atoms with Crippen molar-refractivity contribution in [2.45, 2.75) is 89.9 Å². The lowest BCUT2D eigenvalue weighted by molar-refractivity contribution is -0.128. The SMILES string of the molecule is CC(C(=O)NC(C)(C)C)N1CCCC1C1CCCCC1O. The average Bonchev–Trinajstić information content (AvgIpc) is 2.85. The fraction of sp³-hybridized carbons (Fsp3) is 0.941. The highest BCUT2D eigenvalue weighted by Gasteiger charge is 2.40. The number of carbonyl (C=O) groups is 1. The van der Waals surface area contributed by atoms with E-state index in [2.05, 4.69) is 10.2 Å². The molecular formula is C17H32N2O2. The van der Waals surface area contributed by atoms with Gasteiger partial charge in [0, 0.05) is 17.5 Å². The first-order chi connectivity index (χ1) is 9.79. The van der Waals surface area contributed by atoms with Crippen LogP contribution in [-0.2, 0) is 4.79 Å². The smallest absolute Gasteiger partial charge is 0.237 e. The molecule has 0 aromatic carbocycles. The Morgan fingerprint density at radius 2 is 1.86 bits per heavy atom. The summed E-state index contributed by atoms with van der Waals surface area (Å²) in [7, 11) is 0. The first kappa shape index (κ1) is 16.8. The highest BCUT2D eigenvalue weighted by Crippen LogP contribution is 2.35. The van der Waals surface area contributed by atoms with Gasteiger partial charge in [-0.25, -0.2) is 0 Å². The average molecular weight is 296 g/mol.